The highest BCUT2D eigenvalue weighted by Gasteiger charge is 2.22. The average Bonchev–Trinajstić information content (AvgIpc) is 1.98. The molecular weight excluding hydrogens is 146 g/mol. The van der Waals surface area contributed by atoms with Gasteiger partial charge in [0.05, 0.1) is 6.07 Å². The van der Waals surface area contributed by atoms with E-state index in [-0.39, 0.29) is 6.42 Å². The molecule has 0 fully saturated rings. The molecule has 0 rings (SSSR count). The van der Waals surface area contributed by atoms with E-state index in [1.807, 2.05) is 0 Å². The van der Waals surface area contributed by atoms with Crippen LogP contribution < -0.4 is 0 Å². The Morgan fingerprint density at radius 1 is 1.64 bits per heavy atom. The summed E-state index contributed by atoms with van der Waals surface area (Å²) in [6, 6.07) is 1.77. The number of Topliss-reactive ketones (excluding diaryl/α,β-unsaturated/α-hetero) is 1. The summed E-state index contributed by atoms with van der Waals surface area (Å²) in [4.78, 5) is 20.8. The summed E-state index contributed by atoms with van der Waals surface area (Å²) in [6.45, 7) is 1.68. The van der Waals surface area contributed by atoms with Gasteiger partial charge in [-0.1, -0.05) is 6.92 Å². The van der Waals surface area contributed by atoms with Crippen molar-refractivity contribution in [1.29, 1.82) is 5.26 Å². The van der Waals surface area contributed by atoms with E-state index in [2.05, 4.69) is 0 Å². The van der Waals surface area contributed by atoms with Crippen LogP contribution in [0.3, 0.4) is 0 Å². The molecule has 0 amide bonds. The second-order valence-corrected chi connectivity index (χ2v) is 2.14. The molecule has 1 N–H and O–H groups in total. The zero-order valence-corrected chi connectivity index (χ0v) is 6.20. The Bertz CT molecular complexity index is 204. The maximum absolute atomic E-state index is 10.7. The fraction of sp³-hybridized carbons (Fsp3) is 0.571. The molecule has 0 aromatic heterocycles. The minimum Gasteiger partial charge on any atom is -0.475 e. The van der Waals surface area contributed by atoms with Crippen molar-refractivity contribution in [2.75, 3.05) is 0 Å². The Morgan fingerprint density at radius 2 is 2.18 bits per heavy atom. The lowest BCUT2D eigenvalue weighted by Crippen LogP contribution is -2.22. The first-order chi connectivity index (χ1) is 5.13. The highest BCUT2D eigenvalue weighted by Crippen LogP contribution is 2.08. The van der Waals surface area contributed by atoms with Crippen molar-refractivity contribution in [1.82, 2.24) is 0 Å². The number of carboxylic acids is 1. The number of carboxylic acid groups (broad SMARTS) is 1. The highest BCUT2D eigenvalue weighted by atomic mass is 16.4. The van der Waals surface area contributed by atoms with E-state index < -0.39 is 17.7 Å². The topological polar surface area (TPSA) is 78.2 Å². The summed E-state index contributed by atoms with van der Waals surface area (Å²) < 4.78 is 0. The summed E-state index contributed by atoms with van der Waals surface area (Å²) in [6.07, 6.45) is 0.389. The van der Waals surface area contributed by atoms with E-state index in [0.717, 1.165) is 0 Å². The van der Waals surface area contributed by atoms with Gasteiger partial charge in [-0.3, -0.25) is 4.79 Å². The van der Waals surface area contributed by atoms with Crippen molar-refractivity contribution >= 4 is 11.8 Å². The van der Waals surface area contributed by atoms with Crippen LogP contribution in [0.15, 0.2) is 0 Å². The molecule has 0 aromatic rings. The van der Waals surface area contributed by atoms with Gasteiger partial charge in [-0.2, -0.15) is 5.26 Å². The normalized spacial score (nSPS) is 11.6. The first-order valence-corrected chi connectivity index (χ1v) is 3.27. The molecule has 0 aromatic carbocycles. The minimum atomic E-state index is -1.45. The lowest BCUT2D eigenvalue weighted by atomic mass is 9.98. The van der Waals surface area contributed by atoms with Gasteiger partial charge in [-0.25, -0.2) is 4.79 Å². The number of carbonyl (C=O) groups excluding carboxylic acids is 1. The standard InChI is InChI=1S/C7H9NO3/c1-2-5(3-4-8)6(9)7(10)11/h5H,2-3H2,1H3,(H,10,11). The molecule has 4 nitrogen and oxygen atoms in total. The van der Waals surface area contributed by atoms with Gasteiger partial charge < -0.3 is 5.11 Å². The third-order valence-electron chi connectivity index (χ3n) is 1.41. The number of rotatable bonds is 4. The van der Waals surface area contributed by atoms with Crippen LogP contribution in [0.4, 0.5) is 0 Å². The molecular formula is C7H9NO3. The van der Waals surface area contributed by atoms with Crippen LogP contribution in [-0.4, -0.2) is 16.9 Å². The number of ketones is 1. The smallest absolute Gasteiger partial charge is 0.372 e. The molecule has 0 bridgehead atoms. The van der Waals surface area contributed by atoms with Crippen LogP contribution in [0.1, 0.15) is 19.8 Å². The highest BCUT2D eigenvalue weighted by molar-refractivity contribution is 6.33. The zero-order chi connectivity index (χ0) is 8.85. The maximum atomic E-state index is 10.7. The second-order valence-electron chi connectivity index (χ2n) is 2.14. The number of carbonyl (C=O) groups is 2. The number of aliphatic carboxylic acids is 1. The van der Waals surface area contributed by atoms with Crippen LogP contribution in [0.5, 0.6) is 0 Å². The van der Waals surface area contributed by atoms with E-state index in [1.165, 1.54) is 0 Å². The predicted octanol–water partition coefficient (Wildman–Crippen LogP) is 0.580. The summed E-state index contributed by atoms with van der Waals surface area (Å²) >= 11 is 0. The van der Waals surface area contributed by atoms with Crippen LogP contribution in [0.2, 0.25) is 0 Å². The number of nitriles is 1. The largest absolute Gasteiger partial charge is 0.475 e. The van der Waals surface area contributed by atoms with Gasteiger partial charge in [0.2, 0.25) is 5.78 Å². The summed E-state index contributed by atoms with van der Waals surface area (Å²) in [5.41, 5.74) is 0. The van der Waals surface area contributed by atoms with E-state index >= 15 is 0 Å². The molecule has 0 saturated heterocycles. The average molecular weight is 155 g/mol. The Morgan fingerprint density at radius 3 is 2.45 bits per heavy atom. The van der Waals surface area contributed by atoms with Gasteiger partial charge in [0.1, 0.15) is 0 Å². The predicted molar refractivity (Wildman–Crippen MR) is 36.7 cm³/mol. The quantitative estimate of drug-likeness (QED) is 0.602. The molecule has 1 unspecified atom stereocenters. The molecule has 11 heavy (non-hydrogen) atoms. The van der Waals surface area contributed by atoms with E-state index in [1.54, 1.807) is 13.0 Å². The first-order valence-electron chi connectivity index (χ1n) is 3.27. The third-order valence-corrected chi connectivity index (χ3v) is 1.41. The number of hydrogen-bond donors (Lipinski definition) is 1. The van der Waals surface area contributed by atoms with Gasteiger partial charge in [-0.15, -0.1) is 0 Å². The zero-order valence-electron chi connectivity index (χ0n) is 6.20. The number of hydrogen-bond acceptors (Lipinski definition) is 3. The molecule has 0 radical (unpaired) electrons. The molecule has 60 valence electrons. The Labute approximate surface area is 64.4 Å². The Kier molecular flexibility index (Phi) is 3.89. The number of nitrogens with zero attached hydrogens (tertiary/aromatic N) is 1. The van der Waals surface area contributed by atoms with Crippen LogP contribution in [-0.2, 0) is 9.59 Å². The lowest BCUT2D eigenvalue weighted by Gasteiger charge is -2.03. The molecule has 0 aliphatic carbocycles. The van der Waals surface area contributed by atoms with Gasteiger partial charge >= 0.3 is 5.97 Å². The minimum absolute atomic E-state index is 0.0123. The van der Waals surface area contributed by atoms with Crippen LogP contribution in [0.25, 0.3) is 0 Å². The van der Waals surface area contributed by atoms with Crippen molar-refractivity contribution in [3.63, 3.8) is 0 Å². The third kappa shape index (κ3) is 2.80. The molecule has 0 spiro atoms. The summed E-state index contributed by atoms with van der Waals surface area (Å²) in [5, 5.41) is 16.5. The van der Waals surface area contributed by atoms with Gasteiger partial charge in [0.25, 0.3) is 0 Å². The van der Waals surface area contributed by atoms with Crippen molar-refractivity contribution in [3.8, 4) is 6.07 Å². The summed E-state index contributed by atoms with van der Waals surface area (Å²) in [7, 11) is 0. The SMILES string of the molecule is CCC(CC#N)C(=O)C(=O)O. The first kappa shape index (κ1) is 9.63. The molecule has 0 heterocycles. The Balaban J connectivity index is 4.16. The van der Waals surface area contributed by atoms with E-state index in [4.69, 9.17) is 10.4 Å². The van der Waals surface area contributed by atoms with Gasteiger partial charge in [0.15, 0.2) is 0 Å². The van der Waals surface area contributed by atoms with Crippen LogP contribution >= 0.6 is 0 Å². The molecule has 1 atom stereocenters. The van der Waals surface area contributed by atoms with Crippen molar-refractivity contribution in [2.45, 2.75) is 19.8 Å². The fourth-order valence-corrected chi connectivity index (χ4v) is 0.707. The van der Waals surface area contributed by atoms with Gasteiger partial charge in [0, 0.05) is 12.3 Å². The molecule has 0 aliphatic rings. The van der Waals surface area contributed by atoms with Crippen molar-refractivity contribution in [2.24, 2.45) is 5.92 Å². The molecule has 4 heteroatoms. The van der Waals surface area contributed by atoms with E-state index in [0.29, 0.717) is 6.42 Å². The van der Waals surface area contributed by atoms with E-state index in [9.17, 15) is 9.59 Å². The lowest BCUT2D eigenvalue weighted by molar-refractivity contribution is -0.151. The molecule has 0 saturated carbocycles. The summed E-state index contributed by atoms with van der Waals surface area (Å²) in [5.74, 6) is -2.96. The molecule has 0 aliphatic heterocycles. The van der Waals surface area contributed by atoms with Crippen molar-refractivity contribution < 1.29 is 14.7 Å². The second kappa shape index (κ2) is 4.45. The monoisotopic (exact) mass is 155 g/mol. The van der Waals surface area contributed by atoms with Crippen LogP contribution in [0, 0.1) is 17.2 Å². The Hall–Kier alpha value is -1.37. The van der Waals surface area contributed by atoms with Gasteiger partial charge in [-0.05, 0) is 6.42 Å². The van der Waals surface area contributed by atoms with Crippen molar-refractivity contribution in [3.05, 3.63) is 0 Å². The fourth-order valence-electron chi connectivity index (χ4n) is 0.707. The maximum Gasteiger partial charge on any atom is 0.372 e.